The number of hydrogen-bond acceptors (Lipinski definition) is 3. The highest BCUT2D eigenvalue weighted by Gasteiger charge is 2.32. The Kier molecular flexibility index (Phi) is 5.20. The molecule has 0 unspecified atom stereocenters. The van der Waals surface area contributed by atoms with Gasteiger partial charge in [-0.1, -0.05) is 0 Å². The van der Waals surface area contributed by atoms with Crippen molar-refractivity contribution in [3.05, 3.63) is 12.4 Å². The Morgan fingerprint density at radius 2 is 1.81 bits per heavy atom. The van der Waals surface area contributed by atoms with E-state index in [-0.39, 0.29) is 12.1 Å². The maximum absolute atomic E-state index is 13.4. The molecule has 1 N–H and O–H groups in total. The van der Waals surface area contributed by atoms with Gasteiger partial charge in [0.15, 0.2) is 0 Å². The molecule has 0 fully saturated rings. The number of carbonyl (C=O) groups excluding carboxylic acids is 1. The molecule has 0 bridgehead atoms. The summed E-state index contributed by atoms with van der Waals surface area (Å²) in [7, 11) is -2.91. The van der Waals surface area contributed by atoms with Crippen LogP contribution in [0.5, 0.6) is 0 Å². The van der Waals surface area contributed by atoms with E-state index in [1.807, 2.05) is 48.5 Å². The van der Waals surface area contributed by atoms with Gasteiger partial charge < -0.3 is 4.90 Å². The van der Waals surface area contributed by atoms with Crippen molar-refractivity contribution in [3.8, 4) is 0 Å². The molecule has 0 spiro atoms. The number of aromatic nitrogens is 2. The topological polar surface area (TPSA) is 78.4 Å². The Morgan fingerprint density at radius 3 is 2.14 bits per heavy atom. The normalized spacial score (nSPS) is 15.1. The van der Waals surface area contributed by atoms with Crippen LogP contribution in [0.4, 0.5) is 4.79 Å². The van der Waals surface area contributed by atoms with Gasteiger partial charge in [0, 0.05) is 18.3 Å². The monoisotopic (exact) mass is 314 g/mol. The van der Waals surface area contributed by atoms with E-state index in [0.29, 0.717) is 4.90 Å². The summed E-state index contributed by atoms with van der Waals surface area (Å²) >= 11 is 0. The lowest BCUT2D eigenvalue weighted by Gasteiger charge is -2.30. The Bertz CT molecular complexity index is 583. The number of nitrogens with one attached hydrogen (secondary N) is 1. The fourth-order valence-electron chi connectivity index (χ4n) is 2.13. The van der Waals surface area contributed by atoms with Crippen LogP contribution in [0.15, 0.2) is 21.7 Å². The van der Waals surface area contributed by atoms with Crippen molar-refractivity contribution < 1.29 is 9.00 Å². The van der Waals surface area contributed by atoms with Crippen LogP contribution in [-0.2, 0) is 9.73 Å². The van der Waals surface area contributed by atoms with E-state index in [9.17, 15) is 9.00 Å². The smallest absolute Gasteiger partial charge is 0.318 e. The van der Waals surface area contributed by atoms with E-state index in [4.69, 9.17) is 0 Å². The maximum atomic E-state index is 13.4. The van der Waals surface area contributed by atoms with Crippen molar-refractivity contribution in [3.63, 3.8) is 0 Å². The van der Waals surface area contributed by atoms with Crippen LogP contribution >= 0.6 is 0 Å². The molecule has 0 aliphatic rings. The van der Waals surface area contributed by atoms with Gasteiger partial charge in [0.1, 0.15) is 0 Å². The quantitative estimate of drug-likeness (QED) is 0.930. The van der Waals surface area contributed by atoms with E-state index < -0.39 is 20.5 Å². The fraction of sp³-hybridized carbons (Fsp3) is 0.714. The second-order valence-corrected chi connectivity index (χ2v) is 9.47. The molecule has 1 aromatic rings. The summed E-state index contributed by atoms with van der Waals surface area (Å²) in [5, 5.41) is 6.48. The number of amides is 2. The first-order valence-electron chi connectivity index (χ1n) is 7.08. The molecule has 0 saturated carbocycles. The number of aromatic amines is 1. The number of nitrogens with zero attached hydrogens (tertiary/aromatic N) is 3. The van der Waals surface area contributed by atoms with E-state index in [2.05, 4.69) is 14.6 Å². The second-order valence-electron chi connectivity index (χ2n) is 6.54. The van der Waals surface area contributed by atoms with Crippen molar-refractivity contribution in [2.45, 2.75) is 70.2 Å². The summed E-state index contributed by atoms with van der Waals surface area (Å²) in [6.07, 6.45) is 3.01. The van der Waals surface area contributed by atoms with Gasteiger partial charge in [0.2, 0.25) is 0 Å². The Labute approximate surface area is 127 Å². The fourth-order valence-corrected chi connectivity index (χ4v) is 3.94. The third-order valence-corrected chi connectivity index (χ3v) is 6.10. The standard InChI is InChI=1S/C14H26N4O2S/c1-10(2)18(11(3)4)13(19)17-21(20,14(5,6)7)12-8-15-16-9-12/h8-11H,1-7H3,(H,15,16)/t21-/m0/s1. The van der Waals surface area contributed by atoms with Crippen LogP contribution < -0.4 is 0 Å². The van der Waals surface area contributed by atoms with Gasteiger partial charge in [-0.25, -0.2) is 9.00 Å². The van der Waals surface area contributed by atoms with Gasteiger partial charge in [-0.3, -0.25) is 5.10 Å². The van der Waals surface area contributed by atoms with Crippen LogP contribution in [0, 0.1) is 0 Å². The molecule has 2 amide bonds. The van der Waals surface area contributed by atoms with Crippen LogP contribution in [0.3, 0.4) is 0 Å². The van der Waals surface area contributed by atoms with Gasteiger partial charge >= 0.3 is 6.03 Å². The molecule has 0 aliphatic heterocycles. The average Bonchev–Trinajstić information content (AvgIpc) is 2.79. The highest BCUT2D eigenvalue weighted by Crippen LogP contribution is 2.27. The first-order valence-corrected chi connectivity index (χ1v) is 8.60. The third kappa shape index (κ3) is 3.64. The third-order valence-electron chi connectivity index (χ3n) is 3.16. The molecule has 1 heterocycles. The van der Waals surface area contributed by atoms with Crippen molar-refractivity contribution in [2.24, 2.45) is 4.36 Å². The predicted octanol–water partition coefficient (Wildman–Crippen LogP) is 3.27. The minimum atomic E-state index is -2.91. The average molecular weight is 314 g/mol. The van der Waals surface area contributed by atoms with Gasteiger partial charge in [0.25, 0.3) is 0 Å². The zero-order valence-electron chi connectivity index (χ0n) is 13.9. The Balaban J connectivity index is 3.42. The molecule has 7 heteroatoms. The summed E-state index contributed by atoms with van der Waals surface area (Å²) in [5.41, 5.74) is 0. The first-order chi connectivity index (χ1) is 9.50. The van der Waals surface area contributed by atoms with Crippen LogP contribution in [0.2, 0.25) is 0 Å². The number of H-pyrrole nitrogens is 1. The van der Waals surface area contributed by atoms with Crippen molar-refractivity contribution in [1.82, 2.24) is 15.1 Å². The SMILES string of the molecule is CC(C)N(C(=O)N=[S@](=O)(c1cn[nH]c1)C(C)(C)C)C(C)C. The van der Waals surface area contributed by atoms with Gasteiger partial charge in [-0.15, -0.1) is 4.36 Å². The van der Waals surface area contributed by atoms with E-state index in [0.717, 1.165) is 0 Å². The highest BCUT2D eigenvalue weighted by atomic mass is 32.2. The molecule has 1 aromatic heterocycles. The minimum Gasteiger partial charge on any atom is -0.318 e. The van der Waals surface area contributed by atoms with E-state index in [1.54, 1.807) is 11.1 Å². The number of rotatable bonds is 3. The second kappa shape index (κ2) is 6.17. The lowest BCUT2D eigenvalue weighted by atomic mass is 10.2. The predicted molar refractivity (Wildman–Crippen MR) is 84.7 cm³/mol. The van der Waals surface area contributed by atoms with Crippen molar-refractivity contribution >= 4 is 15.8 Å². The summed E-state index contributed by atoms with van der Waals surface area (Å²) in [5.74, 6) is 0. The summed E-state index contributed by atoms with van der Waals surface area (Å²) in [4.78, 5) is 14.6. The maximum Gasteiger partial charge on any atom is 0.352 e. The van der Waals surface area contributed by atoms with E-state index >= 15 is 0 Å². The molecule has 0 radical (unpaired) electrons. The number of carbonyl (C=O) groups is 1. The zero-order chi connectivity index (χ0) is 16.4. The highest BCUT2D eigenvalue weighted by molar-refractivity contribution is 7.95. The molecule has 0 aliphatic carbocycles. The van der Waals surface area contributed by atoms with Crippen LogP contribution in [-0.4, -0.2) is 42.2 Å². The minimum absolute atomic E-state index is 0.00535. The molecule has 6 nitrogen and oxygen atoms in total. The Hall–Kier alpha value is -1.37. The molecule has 0 aromatic carbocycles. The lowest BCUT2D eigenvalue weighted by molar-refractivity contribution is 0.175. The molecule has 1 atom stereocenters. The van der Waals surface area contributed by atoms with E-state index in [1.165, 1.54) is 6.20 Å². The zero-order valence-corrected chi connectivity index (χ0v) is 14.7. The van der Waals surface area contributed by atoms with Crippen LogP contribution in [0.25, 0.3) is 0 Å². The lowest BCUT2D eigenvalue weighted by Crippen LogP contribution is -2.41. The van der Waals surface area contributed by atoms with Gasteiger partial charge in [-0.2, -0.15) is 5.10 Å². The number of urea groups is 1. The van der Waals surface area contributed by atoms with Gasteiger partial charge in [0.05, 0.1) is 25.6 Å². The summed E-state index contributed by atoms with van der Waals surface area (Å²) in [6.45, 7) is 13.1. The molecular weight excluding hydrogens is 288 g/mol. The summed E-state index contributed by atoms with van der Waals surface area (Å²) < 4.78 is 16.8. The molecule has 120 valence electrons. The van der Waals surface area contributed by atoms with Crippen molar-refractivity contribution in [1.29, 1.82) is 0 Å². The largest absolute Gasteiger partial charge is 0.352 e. The van der Waals surface area contributed by atoms with Crippen LogP contribution in [0.1, 0.15) is 48.5 Å². The molecule has 1 rings (SSSR count). The molecular formula is C14H26N4O2S. The van der Waals surface area contributed by atoms with Gasteiger partial charge in [-0.05, 0) is 48.5 Å². The summed E-state index contributed by atoms with van der Waals surface area (Å²) in [6, 6.07) is -0.454. The molecule has 0 saturated heterocycles. The Morgan fingerprint density at radius 1 is 1.29 bits per heavy atom. The first kappa shape index (κ1) is 17.7. The number of hydrogen-bond donors (Lipinski definition) is 1. The van der Waals surface area contributed by atoms with Crippen molar-refractivity contribution in [2.75, 3.05) is 0 Å². The molecule has 21 heavy (non-hydrogen) atoms.